The van der Waals surface area contributed by atoms with Crippen molar-refractivity contribution in [2.24, 2.45) is 9.98 Å². The van der Waals surface area contributed by atoms with Crippen molar-refractivity contribution in [3.63, 3.8) is 0 Å². The van der Waals surface area contributed by atoms with Crippen molar-refractivity contribution >= 4 is 44.3 Å². The lowest BCUT2D eigenvalue weighted by Gasteiger charge is -2.21. The maximum atomic E-state index is 5.82. The molecule has 13 rings (SSSR count). The fourth-order valence-corrected chi connectivity index (χ4v) is 10.5. The lowest BCUT2D eigenvalue weighted by Crippen LogP contribution is -2.12. The van der Waals surface area contributed by atoms with Crippen molar-refractivity contribution in [2.45, 2.75) is 11.8 Å². The maximum absolute atomic E-state index is 5.82. The Bertz CT molecular complexity index is 3290. The van der Waals surface area contributed by atoms with E-state index in [0.717, 1.165) is 66.6 Å². The molecule has 0 saturated heterocycles. The van der Waals surface area contributed by atoms with E-state index < -0.39 is 0 Å². The van der Waals surface area contributed by atoms with Gasteiger partial charge >= 0.3 is 0 Å². The Kier molecular flexibility index (Phi) is 7.77. The Hall–Kier alpha value is -7.94. The average Bonchev–Trinajstić information content (AvgIpc) is 3.84. The second-order valence-electron chi connectivity index (χ2n) is 16.8. The van der Waals surface area contributed by atoms with Crippen LogP contribution in [0, 0.1) is 0 Å². The second kappa shape index (κ2) is 13.8. The van der Waals surface area contributed by atoms with E-state index in [1.807, 2.05) is 0 Å². The van der Waals surface area contributed by atoms with E-state index in [4.69, 9.17) is 9.98 Å². The molecule has 1 aliphatic heterocycles. The molecule has 2 aliphatic carbocycles. The van der Waals surface area contributed by atoms with Gasteiger partial charge in [-0.1, -0.05) is 182 Å². The number of aliphatic imine (C=N–C) groups is 2. The van der Waals surface area contributed by atoms with E-state index in [9.17, 15) is 0 Å². The molecule has 62 heavy (non-hydrogen) atoms. The molecular formula is C60H38N2. The highest BCUT2D eigenvalue weighted by atomic mass is 14.8. The molecular weight excluding hydrogens is 749 g/mol. The highest BCUT2D eigenvalue weighted by molar-refractivity contribution is 6.24. The quantitative estimate of drug-likeness (QED) is 0.170. The van der Waals surface area contributed by atoms with Crippen LogP contribution < -0.4 is 0 Å². The van der Waals surface area contributed by atoms with Gasteiger partial charge in [-0.2, -0.15) is 0 Å². The van der Waals surface area contributed by atoms with E-state index in [1.54, 1.807) is 0 Å². The minimum atomic E-state index is 0.124. The van der Waals surface area contributed by atoms with Crippen LogP contribution in [0.5, 0.6) is 0 Å². The van der Waals surface area contributed by atoms with Crippen molar-refractivity contribution < 1.29 is 0 Å². The number of rotatable bonds is 4. The van der Waals surface area contributed by atoms with Crippen LogP contribution in [-0.2, 0) is 0 Å². The minimum Gasteiger partial charge on any atom is -0.247 e. The summed E-state index contributed by atoms with van der Waals surface area (Å²) in [6, 6.07) is 80.0. The first-order valence-corrected chi connectivity index (χ1v) is 21.5. The molecule has 0 saturated carbocycles. The van der Waals surface area contributed by atoms with E-state index in [0.29, 0.717) is 0 Å². The van der Waals surface area contributed by atoms with Crippen molar-refractivity contribution in [3.8, 4) is 22.3 Å². The smallest absolute Gasteiger partial charge is 0.0803 e. The zero-order valence-electron chi connectivity index (χ0n) is 33.8. The molecule has 0 fully saturated rings. The molecule has 2 unspecified atom stereocenters. The molecule has 10 aromatic rings. The van der Waals surface area contributed by atoms with E-state index in [-0.39, 0.29) is 11.8 Å². The Balaban J connectivity index is 1.06. The van der Waals surface area contributed by atoms with Crippen molar-refractivity contribution in [1.29, 1.82) is 0 Å². The summed E-state index contributed by atoms with van der Waals surface area (Å²) in [5.41, 5.74) is 20.9. The summed E-state index contributed by atoms with van der Waals surface area (Å²) in [4.78, 5) is 11.6. The SMILES string of the molecule is c1ccc(C2c3ccccc3-c3ccc(/C4=N/c5cc6ccccc6cc5/C(c5ccc6c(c5)C(c5ccccc5)c5ccccc5-6)=N\c5cc6ccccc6cc54)cc32)cc1. The Labute approximate surface area is 360 Å². The van der Waals surface area contributed by atoms with Crippen LogP contribution in [0.15, 0.2) is 228 Å². The number of nitrogens with zero attached hydrogens (tertiary/aromatic N) is 2. The van der Waals surface area contributed by atoms with Gasteiger partial charge in [0, 0.05) is 34.1 Å². The zero-order chi connectivity index (χ0) is 40.7. The summed E-state index contributed by atoms with van der Waals surface area (Å²) in [6.45, 7) is 0. The third-order valence-electron chi connectivity index (χ3n) is 13.4. The van der Waals surface area contributed by atoms with Crippen molar-refractivity contribution in [3.05, 3.63) is 274 Å². The Morgan fingerprint density at radius 3 is 1.05 bits per heavy atom. The molecule has 0 amide bonds. The van der Waals surface area contributed by atoms with Crippen LogP contribution in [-0.4, -0.2) is 11.4 Å². The largest absolute Gasteiger partial charge is 0.247 e. The lowest BCUT2D eigenvalue weighted by molar-refractivity contribution is 1.01. The van der Waals surface area contributed by atoms with E-state index in [1.165, 1.54) is 55.6 Å². The summed E-state index contributed by atoms with van der Waals surface area (Å²) in [5, 5.41) is 4.61. The van der Waals surface area contributed by atoms with Crippen molar-refractivity contribution in [1.82, 2.24) is 0 Å². The first-order chi connectivity index (χ1) is 30.7. The minimum absolute atomic E-state index is 0.124. The van der Waals surface area contributed by atoms with Gasteiger partial charge in [0.15, 0.2) is 0 Å². The topological polar surface area (TPSA) is 24.7 Å². The number of fused-ring (bicyclic) bond motifs is 10. The van der Waals surface area contributed by atoms with Crippen LogP contribution in [0.2, 0.25) is 0 Å². The molecule has 2 nitrogen and oxygen atoms in total. The molecule has 0 radical (unpaired) electrons. The molecule has 2 heteroatoms. The van der Waals surface area contributed by atoms with Crippen molar-refractivity contribution in [2.75, 3.05) is 0 Å². The third-order valence-corrected chi connectivity index (χ3v) is 13.4. The number of hydrogen-bond donors (Lipinski definition) is 0. The van der Waals surface area contributed by atoms with Crippen LogP contribution in [0.25, 0.3) is 43.8 Å². The predicted octanol–water partition coefficient (Wildman–Crippen LogP) is 15.0. The maximum Gasteiger partial charge on any atom is 0.0803 e. The molecule has 1 heterocycles. The van der Waals surface area contributed by atoms with Gasteiger partial charge in [0.05, 0.1) is 22.8 Å². The zero-order valence-corrected chi connectivity index (χ0v) is 33.8. The highest BCUT2D eigenvalue weighted by Gasteiger charge is 2.33. The second-order valence-corrected chi connectivity index (χ2v) is 16.8. The summed E-state index contributed by atoms with van der Waals surface area (Å²) in [7, 11) is 0. The van der Waals surface area contributed by atoms with Crippen LogP contribution in [0.1, 0.15) is 67.5 Å². The van der Waals surface area contributed by atoms with Gasteiger partial charge in [-0.05, 0) is 114 Å². The van der Waals surface area contributed by atoms with Crippen LogP contribution in [0.3, 0.4) is 0 Å². The predicted molar refractivity (Wildman–Crippen MR) is 257 cm³/mol. The first-order valence-electron chi connectivity index (χ1n) is 21.5. The summed E-state index contributed by atoms with van der Waals surface area (Å²) in [5.74, 6) is 0.248. The highest BCUT2D eigenvalue weighted by Crippen LogP contribution is 2.50. The fourth-order valence-electron chi connectivity index (χ4n) is 10.5. The first kappa shape index (κ1) is 34.9. The van der Waals surface area contributed by atoms with Crippen LogP contribution >= 0.6 is 0 Å². The number of hydrogen-bond acceptors (Lipinski definition) is 2. The molecule has 0 aromatic heterocycles. The Morgan fingerprint density at radius 1 is 0.258 bits per heavy atom. The van der Waals surface area contributed by atoms with Crippen LogP contribution in [0.4, 0.5) is 11.4 Å². The normalized spacial score (nSPS) is 17.3. The average molecular weight is 787 g/mol. The van der Waals surface area contributed by atoms with Gasteiger partial charge in [-0.25, -0.2) is 9.98 Å². The molecule has 10 aromatic carbocycles. The van der Waals surface area contributed by atoms with Gasteiger partial charge in [0.2, 0.25) is 0 Å². The van der Waals surface area contributed by atoms with E-state index in [2.05, 4.69) is 218 Å². The lowest BCUT2D eigenvalue weighted by atomic mass is 9.86. The van der Waals surface area contributed by atoms with Gasteiger partial charge in [0.1, 0.15) is 0 Å². The van der Waals surface area contributed by atoms with Gasteiger partial charge in [-0.3, -0.25) is 0 Å². The molecule has 2 atom stereocenters. The molecule has 0 N–H and O–H groups in total. The summed E-state index contributed by atoms with van der Waals surface area (Å²) in [6.07, 6.45) is 0. The molecule has 0 bridgehead atoms. The van der Waals surface area contributed by atoms with E-state index >= 15 is 0 Å². The summed E-state index contributed by atoms with van der Waals surface area (Å²) >= 11 is 0. The molecule has 3 aliphatic rings. The third kappa shape index (κ3) is 5.43. The standard InChI is InChI=1S/C60H38N2/c1-3-15-37(16-4-1)57-49-25-13-11-23-45(49)47-29-27-43(33-51(47)57)59-53-31-39-19-7-9-21-41(39)35-55(53)62-60(54-32-40-20-8-10-22-42(40)36-56(54)61-59)44-28-30-48-46-24-12-14-26-50(46)58(52(48)34-44)38-17-5-2-6-18-38/h1-36,57-58H/b59-53?,60-54?,61-56?,61-59-,62-55?,62-60-. The fraction of sp³-hybridized carbons (Fsp3) is 0.0333. The van der Waals surface area contributed by atoms with Gasteiger partial charge < -0.3 is 0 Å². The Morgan fingerprint density at radius 2 is 0.613 bits per heavy atom. The molecule has 0 spiro atoms. The monoisotopic (exact) mass is 786 g/mol. The van der Waals surface area contributed by atoms with Gasteiger partial charge in [0.25, 0.3) is 0 Å². The summed E-state index contributed by atoms with van der Waals surface area (Å²) < 4.78 is 0. The molecule has 288 valence electrons. The number of benzene rings is 10. The van der Waals surface area contributed by atoms with Gasteiger partial charge in [-0.15, -0.1) is 0 Å².